The van der Waals surface area contributed by atoms with Crippen LogP contribution >= 0.6 is 24.0 Å². The molecule has 1 atom stereocenters. The first kappa shape index (κ1) is 26.2. The van der Waals surface area contributed by atoms with Crippen LogP contribution in [-0.2, 0) is 6.54 Å². The summed E-state index contributed by atoms with van der Waals surface area (Å²) in [6.07, 6.45) is 2.61. The standard InChI is InChI=1S/C24H41N5O.HI/c1-4-25-24(26-16-20(3)18-29-14-12-28(5-2)13-15-29)27-17-22-8-6-7-9-23(22)30-19-21-10-11-21;/h6-9,20-21H,4-5,10-19H2,1-3H3,(H2,25,26,27);1H. The number of nitrogens with one attached hydrogen (secondary N) is 2. The van der Waals surface area contributed by atoms with E-state index in [4.69, 9.17) is 9.73 Å². The molecule has 7 heteroatoms. The maximum absolute atomic E-state index is 6.03. The van der Waals surface area contributed by atoms with Crippen LogP contribution in [-0.4, -0.2) is 74.7 Å². The normalized spacial score (nSPS) is 18.9. The molecular weight excluding hydrogens is 501 g/mol. The van der Waals surface area contributed by atoms with Crippen molar-refractivity contribution in [2.24, 2.45) is 16.8 Å². The fourth-order valence-corrected chi connectivity index (χ4v) is 3.84. The Labute approximate surface area is 206 Å². The fourth-order valence-electron chi connectivity index (χ4n) is 3.84. The summed E-state index contributed by atoms with van der Waals surface area (Å²) in [5.74, 6) is 3.20. The minimum Gasteiger partial charge on any atom is -0.493 e. The van der Waals surface area contributed by atoms with Crippen LogP contribution in [0.5, 0.6) is 5.75 Å². The quantitative estimate of drug-likeness (QED) is 0.255. The number of hydrogen-bond donors (Lipinski definition) is 2. The highest BCUT2D eigenvalue weighted by Crippen LogP contribution is 2.30. The number of benzene rings is 1. The summed E-state index contributed by atoms with van der Waals surface area (Å²) >= 11 is 0. The van der Waals surface area contributed by atoms with Crippen LogP contribution in [0, 0.1) is 11.8 Å². The second-order valence-electron chi connectivity index (χ2n) is 8.78. The first-order chi connectivity index (χ1) is 14.7. The Balaban J connectivity index is 0.00000341. The van der Waals surface area contributed by atoms with Crippen molar-refractivity contribution in [2.45, 2.75) is 40.2 Å². The highest BCUT2D eigenvalue weighted by molar-refractivity contribution is 14.0. The van der Waals surface area contributed by atoms with E-state index in [0.717, 1.165) is 49.4 Å². The van der Waals surface area contributed by atoms with Crippen LogP contribution in [0.3, 0.4) is 0 Å². The topological polar surface area (TPSA) is 52.1 Å². The molecule has 0 radical (unpaired) electrons. The molecule has 1 heterocycles. The summed E-state index contributed by atoms with van der Waals surface area (Å²) in [5.41, 5.74) is 1.15. The van der Waals surface area contributed by atoms with Crippen molar-refractivity contribution in [1.82, 2.24) is 20.4 Å². The minimum absolute atomic E-state index is 0. The molecule has 1 saturated heterocycles. The molecule has 1 aromatic rings. The van der Waals surface area contributed by atoms with E-state index in [-0.39, 0.29) is 24.0 Å². The summed E-state index contributed by atoms with van der Waals surface area (Å²) in [5, 5.41) is 6.92. The number of piperazine rings is 1. The van der Waals surface area contributed by atoms with Crippen molar-refractivity contribution in [1.29, 1.82) is 0 Å². The maximum atomic E-state index is 6.03. The van der Waals surface area contributed by atoms with Gasteiger partial charge in [0.05, 0.1) is 13.2 Å². The van der Waals surface area contributed by atoms with Crippen LogP contribution in [0.2, 0.25) is 0 Å². The average Bonchev–Trinajstić information content (AvgIpc) is 3.60. The van der Waals surface area contributed by atoms with E-state index >= 15 is 0 Å². The van der Waals surface area contributed by atoms with Gasteiger partial charge in [-0.05, 0) is 44.2 Å². The molecule has 3 rings (SSSR count). The van der Waals surface area contributed by atoms with E-state index in [9.17, 15) is 0 Å². The molecule has 31 heavy (non-hydrogen) atoms. The lowest BCUT2D eigenvalue weighted by Crippen LogP contribution is -2.48. The van der Waals surface area contributed by atoms with E-state index < -0.39 is 0 Å². The SMILES string of the molecule is CCNC(=NCc1ccccc1OCC1CC1)NCC(C)CN1CCN(CC)CC1.I. The van der Waals surface area contributed by atoms with E-state index in [1.54, 1.807) is 0 Å². The lowest BCUT2D eigenvalue weighted by Gasteiger charge is -2.35. The molecule has 1 aromatic carbocycles. The number of hydrogen-bond acceptors (Lipinski definition) is 4. The summed E-state index contributed by atoms with van der Waals surface area (Å²) < 4.78 is 6.03. The van der Waals surface area contributed by atoms with Gasteiger partial charge >= 0.3 is 0 Å². The molecule has 1 saturated carbocycles. The number of rotatable bonds is 11. The summed E-state index contributed by atoms with van der Waals surface area (Å²) in [7, 11) is 0. The second kappa shape index (κ2) is 14.2. The third kappa shape index (κ3) is 9.53. The number of halogens is 1. The number of ether oxygens (including phenoxy) is 1. The zero-order valence-corrected chi connectivity index (χ0v) is 21.9. The van der Waals surface area contributed by atoms with Crippen LogP contribution < -0.4 is 15.4 Å². The number of nitrogens with zero attached hydrogens (tertiary/aromatic N) is 3. The molecule has 176 valence electrons. The Morgan fingerprint density at radius 1 is 1.10 bits per heavy atom. The van der Waals surface area contributed by atoms with Crippen molar-refractivity contribution < 1.29 is 4.74 Å². The molecule has 6 nitrogen and oxygen atoms in total. The van der Waals surface area contributed by atoms with E-state index in [2.05, 4.69) is 59.4 Å². The van der Waals surface area contributed by atoms with Gasteiger partial charge in [0.25, 0.3) is 0 Å². The fraction of sp³-hybridized carbons (Fsp3) is 0.708. The van der Waals surface area contributed by atoms with Gasteiger partial charge in [-0.3, -0.25) is 0 Å². The van der Waals surface area contributed by atoms with Gasteiger partial charge in [-0.1, -0.05) is 32.0 Å². The molecule has 2 N–H and O–H groups in total. The zero-order chi connectivity index (χ0) is 21.2. The van der Waals surface area contributed by atoms with Crippen LogP contribution in [0.1, 0.15) is 39.2 Å². The molecule has 0 spiro atoms. The summed E-state index contributed by atoms with van der Waals surface area (Å²) in [6.45, 7) is 17.0. The smallest absolute Gasteiger partial charge is 0.191 e. The largest absolute Gasteiger partial charge is 0.493 e. The summed E-state index contributed by atoms with van der Waals surface area (Å²) in [4.78, 5) is 9.94. The first-order valence-electron chi connectivity index (χ1n) is 11.9. The lowest BCUT2D eigenvalue weighted by molar-refractivity contribution is 0.124. The maximum Gasteiger partial charge on any atom is 0.191 e. The van der Waals surface area contributed by atoms with E-state index in [0.29, 0.717) is 12.5 Å². The van der Waals surface area contributed by atoms with Crippen molar-refractivity contribution in [2.75, 3.05) is 59.0 Å². The van der Waals surface area contributed by atoms with Crippen molar-refractivity contribution in [3.05, 3.63) is 29.8 Å². The molecule has 0 aromatic heterocycles. The zero-order valence-electron chi connectivity index (χ0n) is 19.6. The Morgan fingerprint density at radius 2 is 1.81 bits per heavy atom. The monoisotopic (exact) mass is 543 g/mol. The van der Waals surface area contributed by atoms with Crippen molar-refractivity contribution >= 4 is 29.9 Å². The molecule has 0 amide bonds. The summed E-state index contributed by atoms with van der Waals surface area (Å²) in [6, 6.07) is 8.29. The van der Waals surface area contributed by atoms with Gasteiger partial charge < -0.3 is 25.2 Å². The minimum atomic E-state index is 0. The third-order valence-electron chi connectivity index (χ3n) is 6.00. The first-order valence-corrected chi connectivity index (χ1v) is 11.9. The lowest BCUT2D eigenvalue weighted by atomic mass is 10.1. The van der Waals surface area contributed by atoms with Gasteiger partial charge in [0.2, 0.25) is 0 Å². The number of aliphatic imine (C=N–C) groups is 1. The highest BCUT2D eigenvalue weighted by Gasteiger charge is 2.22. The Kier molecular flexibility index (Phi) is 12.0. The van der Waals surface area contributed by atoms with E-state index in [1.165, 1.54) is 45.6 Å². The highest BCUT2D eigenvalue weighted by atomic mass is 127. The van der Waals surface area contributed by atoms with Gasteiger partial charge in [0.1, 0.15) is 5.75 Å². The molecule has 1 aliphatic carbocycles. The predicted octanol–water partition coefficient (Wildman–Crippen LogP) is 3.42. The molecule has 0 bridgehead atoms. The molecule has 2 fully saturated rings. The van der Waals surface area contributed by atoms with Gasteiger partial charge in [-0.2, -0.15) is 0 Å². The van der Waals surface area contributed by atoms with Crippen molar-refractivity contribution in [3.8, 4) is 5.75 Å². The molecule has 1 unspecified atom stereocenters. The predicted molar refractivity (Wildman–Crippen MR) is 141 cm³/mol. The van der Waals surface area contributed by atoms with Gasteiger partial charge in [-0.15, -0.1) is 24.0 Å². The Bertz CT molecular complexity index is 659. The van der Waals surface area contributed by atoms with Gasteiger partial charge in [-0.25, -0.2) is 4.99 Å². The number of guanidine groups is 1. The third-order valence-corrected chi connectivity index (χ3v) is 6.00. The molecule has 2 aliphatic rings. The number of likely N-dealkylation sites (N-methyl/N-ethyl adjacent to an activating group) is 1. The average molecular weight is 544 g/mol. The van der Waals surface area contributed by atoms with Crippen LogP contribution in [0.4, 0.5) is 0 Å². The van der Waals surface area contributed by atoms with Gasteiger partial charge in [0.15, 0.2) is 5.96 Å². The molecular formula is C24H42IN5O. The number of para-hydroxylation sites is 1. The molecule has 1 aliphatic heterocycles. The second-order valence-corrected chi connectivity index (χ2v) is 8.78. The van der Waals surface area contributed by atoms with Crippen molar-refractivity contribution in [3.63, 3.8) is 0 Å². The van der Waals surface area contributed by atoms with Crippen LogP contribution in [0.25, 0.3) is 0 Å². The van der Waals surface area contributed by atoms with Gasteiger partial charge in [0, 0.05) is 51.4 Å². The van der Waals surface area contributed by atoms with Crippen LogP contribution in [0.15, 0.2) is 29.3 Å². The van der Waals surface area contributed by atoms with E-state index in [1.807, 2.05) is 6.07 Å². The Morgan fingerprint density at radius 3 is 2.48 bits per heavy atom. The Hall–Kier alpha value is -1.06.